The Morgan fingerprint density at radius 1 is 0.975 bits per heavy atom. The number of nitrogens with zero attached hydrogens (tertiary/aromatic N) is 5. The second kappa shape index (κ2) is 14.8. The van der Waals surface area contributed by atoms with E-state index in [1.54, 1.807) is 18.7 Å². The van der Waals surface area contributed by atoms with Crippen LogP contribution in [0.15, 0.2) is 54.9 Å². The van der Waals surface area contributed by atoms with Crippen LogP contribution < -0.4 is 0 Å². The van der Waals surface area contributed by atoms with Crippen molar-refractivity contribution in [3.05, 3.63) is 60.4 Å². The fourth-order valence-corrected chi connectivity index (χ4v) is 4.18. The third-order valence-corrected chi connectivity index (χ3v) is 6.07. The molecule has 0 saturated carbocycles. The number of unbranched alkanes of at least 4 members (excludes halogenated alkanes) is 1. The number of esters is 1. The van der Waals surface area contributed by atoms with Crippen LogP contribution in [-0.4, -0.2) is 62.1 Å². The summed E-state index contributed by atoms with van der Waals surface area (Å²) in [6.45, 7) is 8.67. The topological polar surface area (TPSA) is 126 Å². The predicted molar refractivity (Wildman–Crippen MR) is 147 cm³/mol. The summed E-state index contributed by atoms with van der Waals surface area (Å²) in [7, 11) is 0. The Hall–Kier alpha value is -4.28. The second-order valence-electron chi connectivity index (χ2n) is 9.90. The highest BCUT2D eigenvalue weighted by molar-refractivity contribution is 5.85. The normalized spacial score (nSPS) is 11.8. The summed E-state index contributed by atoms with van der Waals surface area (Å²) in [4.78, 5) is 41.1. The fraction of sp³-hybridized carbons (Fsp3) is 0.448. The summed E-state index contributed by atoms with van der Waals surface area (Å²) < 4.78 is 15.0. The Balaban J connectivity index is 1.80. The molecule has 0 unspecified atom stereocenters. The SMILES string of the molecule is CCCCC(=O)N(Cc1ccc(-c2ccccc2-n2ncnn2)cc1)[C@H](C(=O)OCOC(=O)OC(C)C)C(C)C. The molecule has 0 aliphatic carbocycles. The lowest BCUT2D eigenvalue weighted by molar-refractivity contribution is -0.166. The molecule has 2 aromatic carbocycles. The second-order valence-corrected chi connectivity index (χ2v) is 9.90. The third kappa shape index (κ3) is 8.36. The van der Waals surface area contributed by atoms with Crippen molar-refractivity contribution in [3.8, 4) is 16.8 Å². The van der Waals surface area contributed by atoms with E-state index in [1.807, 2.05) is 69.3 Å². The summed E-state index contributed by atoms with van der Waals surface area (Å²) in [5, 5.41) is 11.9. The number of carbonyl (C=O) groups is 3. The van der Waals surface area contributed by atoms with E-state index in [9.17, 15) is 14.4 Å². The molecule has 0 N–H and O–H groups in total. The van der Waals surface area contributed by atoms with Crippen LogP contribution in [0.4, 0.5) is 4.79 Å². The van der Waals surface area contributed by atoms with Gasteiger partial charge in [0.05, 0.1) is 11.8 Å². The number of carbonyl (C=O) groups excluding carboxylic acids is 3. The highest BCUT2D eigenvalue weighted by Gasteiger charge is 2.34. The lowest BCUT2D eigenvalue weighted by Gasteiger charge is -2.33. The molecular weight excluding hydrogens is 514 g/mol. The van der Waals surface area contributed by atoms with Crippen molar-refractivity contribution in [2.24, 2.45) is 5.92 Å². The maximum Gasteiger partial charge on any atom is 0.511 e. The number of amides is 1. The molecule has 40 heavy (non-hydrogen) atoms. The van der Waals surface area contributed by atoms with Gasteiger partial charge in [-0.1, -0.05) is 69.7 Å². The van der Waals surface area contributed by atoms with E-state index in [0.29, 0.717) is 12.8 Å². The average Bonchev–Trinajstić information content (AvgIpc) is 3.46. The molecule has 0 aliphatic rings. The van der Waals surface area contributed by atoms with Crippen LogP contribution in [0.2, 0.25) is 0 Å². The first kappa shape index (κ1) is 30.3. The average molecular weight is 552 g/mol. The van der Waals surface area contributed by atoms with Gasteiger partial charge in [-0.3, -0.25) is 4.79 Å². The molecule has 11 heteroatoms. The Bertz CT molecular complexity index is 1240. The van der Waals surface area contributed by atoms with Crippen LogP contribution in [0.3, 0.4) is 0 Å². The Morgan fingerprint density at radius 3 is 2.33 bits per heavy atom. The first-order valence-electron chi connectivity index (χ1n) is 13.4. The van der Waals surface area contributed by atoms with Gasteiger partial charge < -0.3 is 19.1 Å². The number of hydrogen-bond acceptors (Lipinski definition) is 9. The first-order chi connectivity index (χ1) is 19.2. The zero-order chi connectivity index (χ0) is 29.1. The lowest BCUT2D eigenvalue weighted by Crippen LogP contribution is -2.48. The van der Waals surface area contributed by atoms with Gasteiger partial charge in [0, 0.05) is 18.5 Å². The van der Waals surface area contributed by atoms with E-state index in [0.717, 1.165) is 28.8 Å². The zero-order valence-corrected chi connectivity index (χ0v) is 23.6. The largest absolute Gasteiger partial charge is 0.511 e. The number of rotatable bonds is 13. The third-order valence-electron chi connectivity index (χ3n) is 6.07. The highest BCUT2D eigenvalue weighted by Crippen LogP contribution is 2.27. The van der Waals surface area contributed by atoms with Gasteiger partial charge in [-0.05, 0) is 48.6 Å². The van der Waals surface area contributed by atoms with Crippen molar-refractivity contribution in [2.45, 2.75) is 72.6 Å². The van der Waals surface area contributed by atoms with Crippen LogP contribution in [0.1, 0.15) is 59.4 Å². The highest BCUT2D eigenvalue weighted by atomic mass is 16.8. The molecule has 1 heterocycles. The molecule has 0 bridgehead atoms. The molecule has 1 amide bonds. The maximum absolute atomic E-state index is 13.3. The maximum atomic E-state index is 13.3. The van der Waals surface area contributed by atoms with Gasteiger partial charge in [0.2, 0.25) is 12.7 Å². The molecular formula is C29H37N5O6. The number of tetrazole rings is 1. The molecule has 3 rings (SSSR count). The van der Waals surface area contributed by atoms with Crippen LogP contribution in [0.5, 0.6) is 0 Å². The van der Waals surface area contributed by atoms with Gasteiger partial charge in [0.15, 0.2) is 6.33 Å². The van der Waals surface area contributed by atoms with Gasteiger partial charge in [0.1, 0.15) is 6.04 Å². The van der Waals surface area contributed by atoms with E-state index >= 15 is 0 Å². The van der Waals surface area contributed by atoms with Crippen LogP contribution >= 0.6 is 0 Å². The molecule has 1 atom stereocenters. The molecule has 3 aromatic rings. The van der Waals surface area contributed by atoms with Gasteiger partial charge in [-0.15, -0.1) is 15.0 Å². The number of benzene rings is 2. The van der Waals surface area contributed by atoms with Crippen LogP contribution in [0.25, 0.3) is 16.8 Å². The molecule has 0 saturated heterocycles. The standard InChI is InChI=1S/C29H37N5O6/c1-6-7-12-26(35)33(27(20(2)3)28(36)38-19-39-29(37)40-21(4)5)17-22-13-15-23(16-14-22)24-10-8-9-11-25(24)34-31-18-30-32-34/h8-11,13-16,18,20-21,27H,6-7,12,17,19H2,1-5H3/t27-/m0/s1. The molecule has 0 spiro atoms. The van der Waals surface area contributed by atoms with Crippen molar-refractivity contribution >= 4 is 18.0 Å². The van der Waals surface area contributed by atoms with Crippen molar-refractivity contribution in [3.63, 3.8) is 0 Å². The monoisotopic (exact) mass is 551 g/mol. The molecule has 0 radical (unpaired) electrons. The minimum absolute atomic E-state index is 0.149. The van der Waals surface area contributed by atoms with Gasteiger partial charge in [-0.2, -0.15) is 0 Å². The number of para-hydroxylation sites is 1. The van der Waals surface area contributed by atoms with E-state index in [1.165, 1.54) is 11.1 Å². The zero-order valence-electron chi connectivity index (χ0n) is 23.6. The van der Waals surface area contributed by atoms with E-state index in [-0.39, 0.29) is 24.5 Å². The number of aromatic nitrogens is 4. The summed E-state index contributed by atoms with van der Waals surface area (Å²) in [5.41, 5.74) is 3.49. The van der Waals surface area contributed by atoms with E-state index in [2.05, 4.69) is 15.4 Å². The smallest absolute Gasteiger partial charge is 0.431 e. The van der Waals surface area contributed by atoms with Gasteiger partial charge in [0.25, 0.3) is 0 Å². The summed E-state index contributed by atoms with van der Waals surface area (Å²) in [5.74, 6) is -1.05. The van der Waals surface area contributed by atoms with E-state index in [4.69, 9.17) is 14.2 Å². The number of ether oxygens (including phenoxy) is 3. The van der Waals surface area contributed by atoms with E-state index < -0.39 is 25.0 Å². The van der Waals surface area contributed by atoms with Crippen molar-refractivity contribution in [1.29, 1.82) is 0 Å². The molecule has 1 aromatic heterocycles. The Kier molecular flexibility index (Phi) is 11.2. The fourth-order valence-electron chi connectivity index (χ4n) is 4.18. The summed E-state index contributed by atoms with van der Waals surface area (Å²) in [6.07, 6.45) is 1.94. The van der Waals surface area contributed by atoms with Crippen molar-refractivity contribution < 1.29 is 28.6 Å². The quantitative estimate of drug-likeness (QED) is 0.215. The van der Waals surface area contributed by atoms with Crippen molar-refractivity contribution in [2.75, 3.05) is 6.79 Å². The Morgan fingerprint density at radius 2 is 1.70 bits per heavy atom. The molecule has 11 nitrogen and oxygen atoms in total. The van der Waals surface area contributed by atoms with Gasteiger partial charge in [-0.25, -0.2) is 9.59 Å². The number of hydrogen-bond donors (Lipinski definition) is 0. The summed E-state index contributed by atoms with van der Waals surface area (Å²) in [6, 6.07) is 14.6. The first-order valence-corrected chi connectivity index (χ1v) is 13.4. The summed E-state index contributed by atoms with van der Waals surface area (Å²) >= 11 is 0. The van der Waals surface area contributed by atoms with Crippen LogP contribution in [0, 0.1) is 5.92 Å². The minimum atomic E-state index is -0.930. The molecule has 214 valence electrons. The Labute approximate surface area is 234 Å². The molecule has 0 aliphatic heterocycles. The lowest BCUT2D eigenvalue weighted by atomic mass is 9.99. The van der Waals surface area contributed by atoms with Gasteiger partial charge >= 0.3 is 12.1 Å². The predicted octanol–water partition coefficient (Wildman–Crippen LogP) is 4.94. The van der Waals surface area contributed by atoms with Crippen LogP contribution in [-0.2, 0) is 30.3 Å². The van der Waals surface area contributed by atoms with Crippen molar-refractivity contribution in [1.82, 2.24) is 25.1 Å². The minimum Gasteiger partial charge on any atom is -0.431 e. The molecule has 0 fully saturated rings.